The van der Waals surface area contributed by atoms with Gasteiger partial charge in [-0.3, -0.25) is 0 Å². The molecule has 108 valence electrons. The molecule has 0 aliphatic rings. The summed E-state index contributed by atoms with van der Waals surface area (Å²) in [5.74, 6) is -1.93. The van der Waals surface area contributed by atoms with Gasteiger partial charge in [-0.05, 0) is 42.3 Å². The van der Waals surface area contributed by atoms with E-state index in [1.807, 2.05) is 0 Å². The molecular weight excluding hydrogens is 289 g/mol. The molecule has 0 fully saturated rings. The van der Waals surface area contributed by atoms with Crippen LogP contribution in [0.2, 0.25) is 0 Å². The maximum Gasteiger partial charge on any atom is 0.416 e. The van der Waals surface area contributed by atoms with Crippen molar-refractivity contribution in [3.8, 4) is 17.2 Å². The molecule has 6 heteroatoms. The molecule has 0 N–H and O–H groups in total. The van der Waals surface area contributed by atoms with E-state index < -0.39 is 28.9 Å². The second kappa shape index (κ2) is 5.17. The molecule has 0 radical (unpaired) electrons. The maximum atomic E-state index is 13.9. The molecule has 0 amide bonds. The van der Waals surface area contributed by atoms with Gasteiger partial charge >= 0.3 is 6.18 Å². The van der Waals surface area contributed by atoms with Crippen molar-refractivity contribution >= 4 is 0 Å². The molecule has 0 atom stereocenters. The average molecular weight is 297 g/mol. The van der Waals surface area contributed by atoms with Crippen LogP contribution in [0.3, 0.4) is 0 Å². The second-order valence-electron chi connectivity index (χ2n) is 4.51. The fourth-order valence-corrected chi connectivity index (χ4v) is 1.96. The van der Waals surface area contributed by atoms with Crippen LogP contribution in [0.15, 0.2) is 30.3 Å². The van der Waals surface area contributed by atoms with E-state index in [4.69, 9.17) is 5.26 Å². The van der Waals surface area contributed by atoms with E-state index in [1.165, 1.54) is 19.1 Å². The largest absolute Gasteiger partial charge is 0.416 e. The Hall–Kier alpha value is -2.42. The van der Waals surface area contributed by atoms with Crippen LogP contribution in [0.1, 0.15) is 16.7 Å². The summed E-state index contributed by atoms with van der Waals surface area (Å²) in [5.41, 5.74) is -1.59. The van der Waals surface area contributed by atoms with Gasteiger partial charge in [0.15, 0.2) is 0 Å². The smallest absolute Gasteiger partial charge is 0.206 e. The van der Waals surface area contributed by atoms with E-state index in [1.54, 1.807) is 0 Å². The second-order valence-corrected chi connectivity index (χ2v) is 4.51. The predicted octanol–water partition coefficient (Wildman–Crippen LogP) is 4.83. The van der Waals surface area contributed by atoms with Crippen LogP contribution >= 0.6 is 0 Å². The van der Waals surface area contributed by atoms with Gasteiger partial charge in [-0.2, -0.15) is 18.4 Å². The number of nitrogens with zero attached hydrogens (tertiary/aromatic N) is 1. The van der Waals surface area contributed by atoms with Gasteiger partial charge < -0.3 is 0 Å². The molecule has 0 spiro atoms. The lowest BCUT2D eigenvalue weighted by Crippen LogP contribution is -2.05. The van der Waals surface area contributed by atoms with Crippen molar-refractivity contribution in [2.24, 2.45) is 0 Å². The highest BCUT2D eigenvalue weighted by atomic mass is 19.4. The molecule has 1 nitrogen and oxygen atoms in total. The average Bonchev–Trinajstić information content (AvgIpc) is 2.39. The third-order valence-corrected chi connectivity index (χ3v) is 2.89. The summed E-state index contributed by atoms with van der Waals surface area (Å²) in [4.78, 5) is 0. The Morgan fingerprint density at radius 3 is 2.19 bits per heavy atom. The summed E-state index contributed by atoms with van der Waals surface area (Å²) < 4.78 is 65.7. The van der Waals surface area contributed by atoms with E-state index >= 15 is 0 Å². The van der Waals surface area contributed by atoms with E-state index in [9.17, 15) is 22.0 Å². The van der Waals surface area contributed by atoms with Crippen molar-refractivity contribution in [3.63, 3.8) is 0 Å². The fraction of sp³-hybridized carbons (Fsp3) is 0.133. The van der Waals surface area contributed by atoms with Crippen LogP contribution in [-0.2, 0) is 6.18 Å². The lowest BCUT2D eigenvalue weighted by molar-refractivity contribution is -0.137. The zero-order chi connectivity index (χ0) is 15.8. The lowest BCUT2D eigenvalue weighted by atomic mass is 9.98. The maximum absolute atomic E-state index is 13.9. The first kappa shape index (κ1) is 15.0. The number of benzene rings is 2. The molecule has 0 bridgehead atoms. The summed E-state index contributed by atoms with van der Waals surface area (Å²) in [6, 6.07) is 5.84. The highest BCUT2D eigenvalue weighted by Gasteiger charge is 2.31. The van der Waals surface area contributed by atoms with Crippen molar-refractivity contribution in [2.75, 3.05) is 0 Å². The van der Waals surface area contributed by atoms with Crippen LogP contribution in [0.4, 0.5) is 22.0 Å². The minimum absolute atomic E-state index is 0.0942. The quantitative estimate of drug-likeness (QED) is 0.692. The van der Waals surface area contributed by atoms with Gasteiger partial charge in [0.05, 0.1) is 11.1 Å². The van der Waals surface area contributed by atoms with Crippen LogP contribution in [-0.4, -0.2) is 0 Å². The first-order valence-corrected chi connectivity index (χ1v) is 5.81. The van der Waals surface area contributed by atoms with Crippen LogP contribution in [0.5, 0.6) is 0 Å². The molecular formula is C15H8F5N. The predicted molar refractivity (Wildman–Crippen MR) is 66.2 cm³/mol. The van der Waals surface area contributed by atoms with Gasteiger partial charge in [0.2, 0.25) is 0 Å². The molecule has 0 aromatic heterocycles. The van der Waals surface area contributed by atoms with Crippen LogP contribution < -0.4 is 0 Å². The first-order valence-electron chi connectivity index (χ1n) is 5.81. The van der Waals surface area contributed by atoms with Gasteiger partial charge in [0.1, 0.15) is 17.7 Å². The van der Waals surface area contributed by atoms with E-state index in [-0.39, 0.29) is 16.7 Å². The number of aryl methyl sites for hydroxylation is 1. The number of nitriles is 1. The van der Waals surface area contributed by atoms with Gasteiger partial charge in [-0.1, -0.05) is 6.07 Å². The Balaban J connectivity index is 2.66. The lowest BCUT2D eigenvalue weighted by Gasteiger charge is -2.11. The molecule has 21 heavy (non-hydrogen) atoms. The van der Waals surface area contributed by atoms with Crippen LogP contribution in [0, 0.1) is 29.9 Å². The van der Waals surface area contributed by atoms with E-state index in [2.05, 4.69) is 0 Å². The minimum Gasteiger partial charge on any atom is -0.206 e. The zero-order valence-electron chi connectivity index (χ0n) is 10.7. The minimum atomic E-state index is -4.58. The van der Waals surface area contributed by atoms with Crippen molar-refractivity contribution in [1.82, 2.24) is 0 Å². The zero-order valence-corrected chi connectivity index (χ0v) is 10.7. The van der Waals surface area contributed by atoms with Gasteiger partial charge in [-0.25, -0.2) is 8.78 Å². The number of halogens is 5. The van der Waals surface area contributed by atoms with Crippen LogP contribution in [0.25, 0.3) is 11.1 Å². The molecule has 0 unspecified atom stereocenters. The highest BCUT2D eigenvalue weighted by molar-refractivity contribution is 5.67. The standard InChI is InChI=1S/C15H8F5N/c1-8-2-9(4-11(3-8)15(18,19)20)12-6-13(16)10(7-21)5-14(12)17/h2-6H,1H3. The first-order chi connectivity index (χ1) is 9.72. The normalized spacial score (nSPS) is 11.3. The number of alkyl halides is 3. The summed E-state index contributed by atoms with van der Waals surface area (Å²) in [6.45, 7) is 1.43. The number of hydrogen-bond donors (Lipinski definition) is 0. The molecule has 2 rings (SSSR count). The Morgan fingerprint density at radius 1 is 0.952 bits per heavy atom. The molecule has 0 heterocycles. The Kier molecular flexibility index (Phi) is 3.69. The summed E-state index contributed by atoms with van der Waals surface area (Å²) in [5, 5.41) is 8.59. The Labute approximate surface area is 117 Å². The highest BCUT2D eigenvalue weighted by Crippen LogP contribution is 2.34. The molecule has 2 aromatic carbocycles. The SMILES string of the molecule is Cc1cc(-c2cc(F)c(C#N)cc2F)cc(C(F)(F)F)c1. The summed E-state index contributed by atoms with van der Waals surface area (Å²) in [6.07, 6.45) is -4.58. The topological polar surface area (TPSA) is 23.8 Å². The molecule has 0 aliphatic heterocycles. The number of rotatable bonds is 1. The van der Waals surface area contributed by atoms with E-state index in [0.717, 1.165) is 18.2 Å². The Morgan fingerprint density at radius 2 is 1.62 bits per heavy atom. The fourth-order valence-electron chi connectivity index (χ4n) is 1.96. The Bertz CT molecular complexity index is 741. The number of hydrogen-bond acceptors (Lipinski definition) is 1. The van der Waals surface area contributed by atoms with Gasteiger partial charge in [0.25, 0.3) is 0 Å². The van der Waals surface area contributed by atoms with Crippen molar-refractivity contribution in [3.05, 3.63) is 58.7 Å². The van der Waals surface area contributed by atoms with Crippen molar-refractivity contribution in [2.45, 2.75) is 13.1 Å². The molecule has 0 saturated carbocycles. The summed E-state index contributed by atoms with van der Waals surface area (Å²) in [7, 11) is 0. The third-order valence-electron chi connectivity index (χ3n) is 2.89. The third kappa shape index (κ3) is 3.02. The molecule has 0 saturated heterocycles. The monoisotopic (exact) mass is 297 g/mol. The van der Waals surface area contributed by atoms with Gasteiger partial charge in [-0.15, -0.1) is 0 Å². The van der Waals surface area contributed by atoms with Crippen molar-refractivity contribution < 1.29 is 22.0 Å². The van der Waals surface area contributed by atoms with Gasteiger partial charge in [0, 0.05) is 5.56 Å². The summed E-state index contributed by atoms with van der Waals surface area (Å²) >= 11 is 0. The van der Waals surface area contributed by atoms with E-state index in [0.29, 0.717) is 6.07 Å². The van der Waals surface area contributed by atoms with Crippen molar-refractivity contribution in [1.29, 1.82) is 5.26 Å². The molecule has 2 aromatic rings. The molecule has 0 aliphatic carbocycles.